The van der Waals surface area contributed by atoms with Gasteiger partial charge in [-0.1, -0.05) is 18.5 Å². The predicted molar refractivity (Wildman–Crippen MR) is 51.0 cm³/mol. The molecule has 1 aromatic carbocycles. The van der Waals surface area contributed by atoms with E-state index in [0.29, 0.717) is 5.02 Å². The lowest BCUT2D eigenvalue weighted by Gasteiger charge is -1.87. The van der Waals surface area contributed by atoms with E-state index in [-0.39, 0.29) is 12.2 Å². The first-order valence-electron chi connectivity index (χ1n) is 3.72. The van der Waals surface area contributed by atoms with Crippen molar-refractivity contribution < 1.29 is 15.0 Å². The van der Waals surface area contributed by atoms with E-state index in [1.807, 2.05) is 0 Å². The van der Waals surface area contributed by atoms with Gasteiger partial charge in [-0.25, -0.2) is 0 Å². The van der Waals surface area contributed by atoms with Gasteiger partial charge in [-0.05, 0) is 24.3 Å². The lowest BCUT2D eigenvalue weighted by molar-refractivity contribution is -0.136. The Morgan fingerprint density at radius 1 is 1.38 bits per heavy atom. The minimum Gasteiger partial charge on any atom is -0.508 e. The molecule has 0 radical (unpaired) electrons. The zero-order chi connectivity index (χ0) is 10.3. The van der Waals surface area contributed by atoms with E-state index in [1.165, 1.54) is 0 Å². The van der Waals surface area contributed by atoms with Crippen LogP contribution in [-0.2, 0) is 4.79 Å². The summed E-state index contributed by atoms with van der Waals surface area (Å²) in [6.45, 7) is 1.60. The number of phenolic OH excluding ortho intramolecular Hbond substituents is 1. The van der Waals surface area contributed by atoms with E-state index in [9.17, 15) is 4.79 Å². The van der Waals surface area contributed by atoms with Gasteiger partial charge < -0.3 is 10.2 Å². The third-order valence-corrected chi connectivity index (χ3v) is 1.38. The lowest BCUT2D eigenvalue weighted by atomic mass is 10.3. The third-order valence-electron chi connectivity index (χ3n) is 1.13. The van der Waals surface area contributed by atoms with Gasteiger partial charge in [-0.3, -0.25) is 4.79 Å². The second-order valence-corrected chi connectivity index (χ2v) is 2.66. The van der Waals surface area contributed by atoms with Gasteiger partial charge in [0.1, 0.15) is 5.75 Å². The van der Waals surface area contributed by atoms with Crippen molar-refractivity contribution in [2.24, 2.45) is 0 Å². The van der Waals surface area contributed by atoms with Gasteiger partial charge in [-0.2, -0.15) is 0 Å². The number of phenols is 1. The molecule has 13 heavy (non-hydrogen) atoms. The molecular formula is C9H11ClO3. The maximum atomic E-state index is 9.37. The number of hydrogen-bond donors (Lipinski definition) is 2. The molecule has 0 aromatic heterocycles. The summed E-state index contributed by atoms with van der Waals surface area (Å²) < 4.78 is 0. The Bertz CT molecular complexity index is 235. The van der Waals surface area contributed by atoms with Crippen LogP contribution in [0.15, 0.2) is 24.3 Å². The Morgan fingerprint density at radius 3 is 2.00 bits per heavy atom. The largest absolute Gasteiger partial charge is 0.508 e. The van der Waals surface area contributed by atoms with Crippen LogP contribution in [0.1, 0.15) is 13.3 Å². The Morgan fingerprint density at radius 2 is 1.77 bits per heavy atom. The van der Waals surface area contributed by atoms with Crippen LogP contribution >= 0.6 is 11.6 Å². The molecule has 0 aliphatic heterocycles. The van der Waals surface area contributed by atoms with Gasteiger partial charge >= 0.3 is 5.97 Å². The highest BCUT2D eigenvalue weighted by Crippen LogP contribution is 2.12. The fourth-order valence-corrected chi connectivity index (χ4v) is 0.567. The molecule has 0 spiro atoms. The van der Waals surface area contributed by atoms with E-state index < -0.39 is 5.97 Å². The van der Waals surface area contributed by atoms with Gasteiger partial charge in [-0.15, -0.1) is 0 Å². The summed E-state index contributed by atoms with van der Waals surface area (Å²) >= 11 is 5.50. The van der Waals surface area contributed by atoms with Crippen molar-refractivity contribution in [2.75, 3.05) is 0 Å². The van der Waals surface area contributed by atoms with Crippen LogP contribution in [0.25, 0.3) is 0 Å². The Balaban J connectivity index is 0.000000252. The topological polar surface area (TPSA) is 57.5 Å². The molecule has 3 nitrogen and oxygen atoms in total. The number of halogens is 1. The molecule has 0 atom stereocenters. The first-order chi connectivity index (χ1) is 6.06. The lowest BCUT2D eigenvalue weighted by Crippen LogP contribution is -1.86. The molecule has 2 N–H and O–H groups in total. The molecule has 0 saturated carbocycles. The number of rotatable bonds is 1. The van der Waals surface area contributed by atoms with Crippen LogP contribution < -0.4 is 0 Å². The van der Waals surface area contributed by atoms with Crippen molar-refractivity contribution in [1.29, 1.82) is 0 Å². The number of carbonyl (C=O) groups is 1. The van der Waals surface area contributed by atoms with E-state index >= 15 is 0 Å². The number of hydrogen-bond acceptors (Lipinski definition) is 2. The molecule has 0 saturated heterocycles. The average molecular weight is 203 g/mol. The minimum atomic E-state index is -0.745. The highest BCUT2D eigenvalue weighted by Gasteiger charge is 1.84. The Labute approximate surface area is 81.6 Å². The molecular weight excluding hydrogens is 192 g/mol. The molecule has 4 heteroatoms. The highest BCUT2D eigenvalue weighted by atomic mass is 35.5. The van der Waals surface area contributed by atoms with E-state index in [1.54, 1.807) is 31.2 Å². The fraction of sp³-hybridized carbons (Fsp3) is 0.222. The van der Waals surface area contributed by atoms with Crippen molar-refractivity contribution in [1.82, 2.24) is 0 Å². The van der Waals surface area contributed by atoms with E-state index in [0.717, 1.165) is 0 Å². The van der Waals surface area contributed by atoms with Gasteiger partial charge in [0.15, 0.2) is 0 Å². The summed E-state index contributed by atoms with van der Waals surface area (Å²) in [4.78, 5) is 9.37. The minimum absolute atomic E-state index is 0.222. The maximum Gasteiger partial charge on any atom is 0.303 e. The molecule has 0 heterocycles. The summed E-state index contributed by atoms with van der Waals surface area (Å²) in [7, 11) is 0. The summed E-state index contributed by atoms with van der Waals surface area (Å²) in [5, 5.41) is 17.1. The predicted octanol–water partition coefficient (Wildman–Crippen LogP) is 2.53. The summed E-state index contributed by atoms with van der Waals surface area (Å²) in [6, 6.07) is 6.36. The highest BCUT2D eigenvalue weighted by molar-refractivity contribution is 6.30. The van der Waals surface area contributed by atoms with Gasteiger partial charge in [0.2, 0.25) is 0 Å². The van der Waals surface area contributed by atoms with Crippen LogP contribution in [0, 0.1) is 0 Å². The first kappa shape index (κ1) is 11.8. The number of carboxylic acid groups (broad SMARTS) is 1. The molecule has 0 bridgehead atoms. The molecule has 0 amide bonds. The van der Waals surface area contributed by atoms with Gasteiger partial charge in [0, 0.05) is 11.4 Å². The molecule has 72 valence electrons. The second-order valence-electron chi connectivity index (χ2n) is 2.22. The molecule has 1 rings (SSSR count). The molecule has 0 fully saturated rings. The van der Waals surface area contributed by atoms with Crippen molar-refractivity contribution in [2.45, 2.75) is 13.3 Å². The molecule has 0 aliphatic carbocycles. The van der Waals surface area contributed by atoms with Crippen LogP contribution in [0.2, 0.25) is 5.02 Å². The van der Waals surface area contributed by atoms with Gasteiger partial charge in [0.05, 0.1) is 0 Å². The summed E-state index contributed by atoms with van der Waals surface area (Å²) in [6.07, 6.45) is 0.222. The van der Waals surface area contributed by atoms with Crippen LogP contribution in [0.5, 0.6) is 5.75 Å². The number of benzene rings is 1. The zero-order valence-electron chi connectivity index (χ0n) is 7.20. The van der Waals surface area contributed by atoms with Crippen molar-refractivity contribution in [3.8, 4) is 5.75 Å². The second kappa shape index (κ2) is 6.31. The first-order valence-corrected chi connectivity index (χ1v) is 4.10. The van der Waals surface area contributed by atoms with Crippen molar-refractivity contribution in [3.63, 3.8) is 0 Å². The normalized spacial score (nSPS) is 8.46. The molecule has 1 aromatic rings. The summed E-state index contributed by atoms with van der Waals surface area (Å²) in [5.41, 5.74) is 0. The Kier molecular flexibility index (Phi) is 5.72. The zero-order valence-corrected chi connectivity index (χ0v) is 7.95. The number of carboxylic acids is 1. The van der Waals surface area contributed by atoms with Crippen molar-refractivity contribution >= 4 is 17.6 Å². The van der Waals surface area contributed by atoms with Gasteiger partial charge in [0.25, 0.3) is 0 Å². The van der Waals surface area contributed by atoms with Crippen LogP contribution in [0.3, 0.4) is 0 Å². The van der Waals surface area contributed by atoms with E-state index in [2.05, 4.69) is 0 Å². The quantitative estimate of drug-likeness (QED) is 0.736. The summed E-state index contributed by atoms with van der Waals surface area (Å²) in [5.74, 6) is -0.501. The standard InChI is InChI=1S/C6H5ClO.C3H6O2/c7-5-1-3-6(8)4-2-5;1-2-3(4)5/h1-4,8H;2H2,1H3,(H,4,5). The van der Waals surface area contributed by atoms with Crippen molar-refractivity contribution in [3.05, 3.63) is 29.3 Å². The van der Waals surface area contributed by atoms with Crippen LogP contribution in [0.4, 0.5) is 0 Å². The smallest absolute Gasteiger partial charge is 0.303 e. The molecule has 0 aliphatic rings. The Hall–Kier alpha value is -1.22. The van der Waals surface area contributed by atoms with Crippen LogP contribution in [-0.4, -0.2) is 16.2 Å². The maximum absolute atomic E-state index is 9.37. The van der Waals surface area contributed by atoms with E-state index in [4.69, 9.17) is 21.8 Å². The average Bonchev–Trinajstić information content (AvgIpc) is 2.11. The number of aromatic hydroxyl groups is 1. The third kappa shape index (κ3) is 7.15. The number of aliphatic carboxylic acids is 1. The molecule has 0 unspecified atom stereocenters. The fourth-order valence-electron chi connectivity index (χ4n) is 0.441. The SMILES string of the molecule is CCC(=O)O.Oc1ccc(Cl)cc1. The monoisotopic (exact) mass is 202 g/mol.